The molecule has 1 unspecified atom stereocenters. The van der Waals surface area contributed by atoms with E-state index >= 15 is 0 Å². The molecule has 3 aromatic rings. The van der Waals surface area contributed by atoms with Gasteiger partial charge in [0, 0.05) is 17.2 Å². The SMILES string of the molecule is Cc1ccc(C)c(Nc2nc(=O)c(F)cn2Cc2cc(F)c(F)c(P)c2)c1. The molecule has 2 aromatic carbocycles. The first kappa shape index (κ1) is 19.1. The molecule has 0 saturated heterocycles. The Morgan fingerprint density at radius 3 is 2.56 bits per heavy atom. The summed E-state index contributed by atoms with van der Waals surface area (Å²) in [5.74, 6) is -2.89. The maximum atomic E-state index is 13.8. The summed E-state index contributed by atoms with van der Waals surface area (Å²) in [6.07, 6.45) is 0.993. The minimum absolute atomic E-state index is 0.00397. The lowest BCUT2D eigenvalue weighted by Gasteiger charge is -2.16. The number of halogens is 3. The molecule has 1 aromatic heterocycles. The Morgan fingerprint density at radius 1 is 1.11 bits per heavy atom. The van der Waals surface area contributed by atoms with Gasteiger partial charge in [-0.1, -0.05) is 12.1 Å². The van der Waals surface area contributed by atoms with Crippen molar-refractivity contribution in [2.45, 2.75) is 20.4 Å². The molecule has 0 aliphatic carbocycles. The second-order valence-electron chi connectivity index (χ2n) is 6.27. The molecule has 0 spiro atoms. The third kappa shape index (κ3) is 4.19. The van der Waals surface area contributed by atoms with E-state index in [4.69, 9.17) is 0 Å². The second kappa shape index (κ2) is 7.53. The van der Waals surface area contributed by atoms with Crippen molar-refractivity contribution in [3.63, 3.8) is 0 Å². The van der Waals surface area contributed by atoms with E-state index < -0.39 is 23.0 Å². The molecule has 0 radical (unpaired) electrons. The summed E-state index contributed by atoms with van der Waals surface area (Å²) in [5.41, 5.74) is 2.00. The first-order valence-electron chi connectivity index (χ1n) is 8.09. The average Bonchev–Trinajstić information content (AvgIpc) is 2.60. The van der Waals surface area contributed by atoms with Crippen LogP contribution in [0.3, 0.4) is 0 Å². The molecule has 3 rings (SSSR count). The summed E-state index contributed by atoms with van der Waals surface area (Å²) in [6.45, 7) is 3.79. The Labute approximate surface area is 156 Å². The number of aromatic nitrogens is 2. The number of nitrogens with zero attached hydrogens (tertiary/aromatic N) is 2. The van der Waals surface area contributed by atoms with Gasteiger partial charge in [-0.25, -0.2) is 8.78 Å². The van der Waals surface area contributed by atoms with Crippen molar-refractivity contribution in [3.05, 3.63) is 81.0 Å². The standard InChI is InChI=1S/C19H17F3N3OP/c1-10-3-4-11(2)15(5-10)23-19-24-18(26)14(21)9-25(19)8-12-6-13(20)17(22)16(27)7-12/h3-7,9H,8,27H2,1-2H3,(H,23,24,26). The molecule has 0 aliphatic rings. The first-order valence-corrected chi connectivity index (χ1v) is 8.67. The summed E-state index contributed by atoms with van der Waals surface area (Å²) in [4.78, 5) is 15.4. The van der Waals surface area contributed by atoms with Crippen molar-refractivity contribution < 1.29 is 13.2 Å². The maximum absolute atomic E-state index is 13.8. The molecular weight excluding hydrogens is 374 g/mol. The van der Waals surface area contributed by atoms with Crippen LogP contribution in [0.5, 0.6) is 0 Å². The van der Waals surface area contributed by atoms with E-state index in [1.165, 1.54) is 10.6 Å². The minimum Gasteiger partial charge on any atom is -0.325 e. The Balaban J connectivity index is 2.04. The predicted molar refractivity (Wildman–Crippen MR) is 102 cm³/mol. The van der Waals surface area contributed by atoms with Crippen LogP contribution in [-0.4, -0.2) is 9.55 Å². The Morgan fingerprint density at radius 2 is 1.85 bits per heavy atom. The lowest BCUT2D eigenvalue weighted by Crippen LogP contribution is -2.20. The largest absolute Gasteiger partial charge is 0.325 e. The van der Waals surface area contributed by atoms with Gasteiger partial charge < -0.3 is 9.88 Å². The number of benzene rings is 2. The van der Waals surface area contributed by atoms with E-state index in [0.717, 1.165) is 23.4 Å². The zero-order chi connectivity index (χ0) is 19.7. The van der Waals surface area contributed by atoms with Crippen LogP contribution in [0.25, 0.3) is 0 Å². The fourth-order valence-electron chi connectivity index (χ4n) is 2.64. The smallest absolute Gasteiger partial charge is 0.310 e. The Kier molecular flexibility index (Phi) is 5.33. The maximum Gasteiger partial charge on any atom is 0.310 e. The molecule has 0 saturated carbocycles. The average molecular weight is 391 g/mol. The lowest BCUT2D eigenvalue weighted by molar-refractivity contribution is 0.512. The number of aryl methyl sites for hydroxylation is 2. The summed E-state index contributed by atoms with van der Waals surface area (Å²) in [7, 11) is 2.11. The van der Waals surface area contributed by atoms with Gasteiger partial charge in [0.25, 0.3) is 0 Å². The van der Waals surface area contributed by atoms with Crippen LogP contribution in [0, 0.1) is 31.3 Å². The highest BCUT2D eigenvalue weighted by Crippen LogP contribution is 2.21. The normalized spacial score (nSPS) is 10.9. The fourth-order valence-corrected chi connectivity index (χ4v) is 2.99. The highest BCUT2D eigenvalue weighted by atomic mass is 31.0. The third-order valence-corrected chi connectivity index (χ3v) is 4.48. The van der Waals surface area contributed by atoms with Gasteiger partial charge in [-0.2, -0.15) is 9.37 Å². The van der Waals surface area contributed by atoms with Crippen LogP contribution in [0.2, 0.25) is 0 Å². The van der Waals surface area contributed by atoms with Crippen LogP contribution < -0.4 is 16.2 Å². The number of hydrogen-bond acceptors (Lipinski definition) is 3. The van der Waals surface area contributed by atoms with Crippen molar-refractivity contribution in [1.29, 1.82) is 0 Å². The van der Waals surface area contributed by atoms with E-state index in [-0.39, 0.29) is 17.8 Å². The van der Waals surface area contributed by atoms with E-state index in [1.54, 1.807) is 0 Å². The molecule has 0 fully saturated rings. The molecule has 140 valence electrons. The van der Waals surface area contributed by atoms with Gasteiger partial charge in [-0.15, -0.1) is 9.24 Å². The van der Waals surface area contributed by atoms with Gasteiger partial charge in [-0.3, -0.25) is 4.79 Å². The Bertz CT molecular complexity index is 1060. The van der Waals surface area contributed by atoms with Crippen LogP contribution in [0.1, 0.15) is 16.7 Å². The summed E-state index contributed by atoms with van der Waals surface area (Å²) in [6, 6.07) is 8.17. The van der Waals surface area contributed by atoms with E-state index in [0.29, 0.717) is 11.3 Å². The van der Waals surface area contributed by atoms with E-state index in [1.807, 2.05) is 32.0 Å². The molecule has 8 heteroatoms. The minimum atomic E-state index is -1.03. The van der Waals surface area contributed by atoms with E-state index in [2.05, 4.69) is 19.5 Å². The second-order valence-corrected chi connectivity index (χ2v) is 6.89. The summed E-state index contributed by atoms with van der Waals surface area (Å²) >= 11 is 0. The molecule has 4 nitrogen and oxygen atoms in total. The number of nitrogens with one attached hydrogen (secondary N) is 1. The van der Waals surface area contributed by atoms with Gasteiger partial charge in [0.1, 0.15) is 0 Å². The predicted octanol–water partition coefficient (Wildman–Crippen LogP) is 3.57. The number of rotatable bonds is 4. The van der Waals surface area contributed by atoms with E-state index in [9.17, 15) is 18.0 Å². The molecule has 27 heavy (non-hydrogen) atoms. The molecule has 1 N–H and O–H groups in total. The summed E-state index contributed by atoms with van der Waals surface area (Å²) < 4.78 is 42.3. The van der Waals surface area contributed by atoms with Gasteiger partial charge in [-0.05, 0) is 48.7 Å². The molecular formula is C19H17F3N3OP. The van der Waals surface area contributed by atoms with Gasteiger partial charge in [0.2, 0.25) is 11.8 Å². The molecule has 0 bridgehead atoms. The molecule has 0 amide bonds. The summed E-state index contributed by atoms with van der Waals surface area (Å²) in [5, 5.41) is 3.08. The lowest BCUT2D eigenvalue weighted by atomic mass is 10.1. The van der Waals surface area contributed by atoms with Crippen LogP contribution in [0.4, 0.5) is 24.8 Å². The van der Waals surface area contributed by atoms with Gasteiger partial charge in [0.05, 0.1) is 6.54 Å². The van der Waals surface area contributed by atoms with Crippen molar-refractivity contribution in [2.24, 2.45) is 0 Å². The topological polar surface area (TPSA) is 46.9 Å². The van der Waals surface area contributed by atoms with Gasteiger partial charge in [0.15, 0.2) is 11.6 Å². The monoisotopic (exact) mass is 391 g/mol. The number of anilines is 2. The van der Waals surface area contributed by atoms with Gasteiger partial charge >= 0.3 is 5.56 Å². The van der Waals surface area contributed by atoms with Crippen molar-refractivity contribution in [3.8, 4) is 0 Å². The molecule has 1 heterocycles. The number of hydrogen-bond donors (Lipinski definition) is 1. The molecule has 1 atom stereocenters. The quantitative estimate of drug-likeness (QED) is 0.692. The fraction of sp³-hybridized carbons (Fsp3) is 0.158. The zero-order valence-corrected chi connectivity index (χ0v) is 15.8. The van der Waals surface area contributed by atoms with Crippen LogP contribution in [0.15, 0.2) is 41.3 Å². The Hall–Kier alpha value is -2.66. The molecule has 0 aliphatic heterocycles. The van der Waals surface area contributed by atoms with Crippen molar-refractivity contribution in [1.82, 2.24) is 9.55 Å². The zero-order valence-electron chi connectivity index (χ0n) is 14.7. The highest BCUT2D eigenvalue weighted by Gasteiger charge is 2.13. The van der Waals surface area contributed by atoms with Crippen molar-refractivity contribution in [2.75, 3.05) is 5.32 Å². The first-order chi connectivity index (χ1) is 12.7. The highest BCUT2D eigenvalue weighted by molar-refractivity contribution is 7.27. The van der Waals surface area contributed by atoms with Crippen molar-refractivity contribution >= 4 is 26.2 Å². The third-order valence-electron chi connectivity index (χ3n) is 4.06. The van der Waals surface area contributed by atoms with Crippen LogP contribution in [-0.2, 0) is 6.54 Å². The van der Waals surface area contributed by atoms with Crippen LogP contribution >= 0.6 is 9.24 Å².